The summed E-state index contributed by atoms with van der Waals surface area (Å²) in [6, 6.07) is 3.40. The number of Topliss-reactive ketones (excluding diaryl/α,β-unsaturated/α-hetero) is 1. The highest BCUT2D eigenvalue weighted by molar-refractivity contribution is 7.17. The van der Waals surface area contributed by atoms with Crippen molar-refractivity contribution in [3.8, 4) is 0 Å². The highest BCUT2D eigenvalue weighted by Gasteiger charge is 2.21. The predicted octanol–water partition coefficient (Wildman–Crippen LogP) is 2.81. The van der Waals surface area contributed by atoms with Gasteiger partial charge in [-0.25, -0.2) is 9.78 Å². The molecule has 0 saturated heterocycles. The first-order chi connectivity index (χ1) is 8.99. The van der Waals surface area contributed by atoms with Gasteiger partial charge in [-0.3, -0.25) is 4.79 Å². The second kappa shape index (κ2) is 5.23. The van der Waals surface area contributed by atoms with Crippen molar-refractivity contribution in [2.24, 2.45) is 0 Å². The van der Waals surface area contributed by atoms with E-state index in [9.17, 15) is 9.59 Å². The number of carboxylic acids is 1. The van der Waals surface area contributed by atoms with Crippen LogP contribution in [0.5, 0.6) is 0 Å². The summed E-state index contributed by atoms with van der Waals surface area (Å²) in [5.41, 5.74) is -0.216. The van der Waals surface area contributed by atoms with Gasteiger partial charge in [0.05, 0.1) is 12.3 Å². The fourth-order valence-corrected chi connectivity index (χ4v) is 2.50. The lowest BCUT2D eigenvalue weighted by molar-refractivity contribution is 0.0687. The molecule has 2 aromatic rings. The lowest BCUT2D eigenvalue weighted by atomic mass is 10.2. The first-order valence-electron chi connectivity index (χ1n) is 5.54. The topological polar surface area (TPSA) is 92.4 Å². The zero-order valence-corrected chi connectivity index (χ0v) is 11.2. The average molecular weight is 280 g/mol. The molecule has 0 bridgehead atoms. The Bertz CT molecular complexity index is 572. The monoisotopic (exact) mass is 280 g/mol. The van der Waals surface area contributed by atoms with Gasteiger partial charge in [0.25, 0.3) is 0 Å². The molecule has 1 unspecified atom stereocenters. The number of ketones is 1. The molecule has 0 saturated carbocycles. The molecule has 2 heterocycles. The molecule has 2 aromatic heterocycles. The van der Waals surface area contributed by atoms with Crippen molar-refractivity contribution in [2.75, 3.05) is 5.32 Å². The molecule has 0 aromatic carbocycles. The Morgan fingerprint density at radius 3 is 2.74 bits per heavy atom. The fraction of sp³-hybridized carbons (Fsp3) is 0.250. The number of carbonyl (C=O) groups is 2. The Morgan fingerprint density at radius 2 is 2.26 bits per heavy atom. The number of rotatable bonds is 5. The summed E-state index contributed by atoms with van der Waals surface area (Å²) >= 11 is 1.03. The largest absolute Gasteiger partial charge is 0.476 e. The molecule has 0 amide bonds. The third-order valence-electron chi connectivity index (χ3n) is 2.46. The number of hydrogen-bond acceptors (Lipinski definition) is 6. The van der Waals surface area contributed by atoms with Crippen molar-refractivity contribution < 1.29 is 19.1 Å². The van der Waals surface area contributed by atoms with E-state index >= 15 is 0 Å². The number of carboxylic acid groups (broad SMARTS) is 1. The van der Waals surface area contributed by atoms with E-state index in [1.54, 1.807) is 18.4 Å². The summed E-state index contributed by atoms with van der Waals surface area (Å²) in [7, 11) is 0. The van der Waals surface area contributed by atoms with Gasteiger partial charge in [-0.2, -0.15) is 0 Å². The van der Waals surface area contributed by atoms with Crippen molar-refractivity contribution in [3.63, 3.8) is 0 Å². The van der Waals surface area contributed by atoms with E-state index in [1.807, 2.05) is 6.92 Å². The average Bonchev–Trinajstić information content (AvgIpc) is 2.97. The van der Waals surface area contributed by atoms with E-state index in [1.165, 1.54) is 6.92 Å². The maximum Gasteiger partial charge on any atom is 0.356 e. The number of carbonyl (C=O) groups excluding carboxylic acids is 1. The van der Waals surface area contributed by atoms with Gasteiger partial charge in [-0.15, -0.1) is 0 Å². The molecule has 0 radical (unpaired) electrons. The smallest absolute Gasteiger partial charge is 0.356 e. The molecule has 0 spiro atoms. The summed E-state index contributed by atoms with van der Waals surface area (Å²) in [4.78, 5) is 26.4. The molecule has 0 aliphatic carbocycles. The van der Waals surface area contributed by atoms with Crippen molar-refractivity contribution >= 4 is 28.2 Å². The SMILES string of the molecule is CC(=O)c1sc(NC(C)c2ccco2)nc1C(=O)O. The van der Waals surface area contributed by atoms with Gasteiger partial charge in [0, 0.05) is 6.92 Å². The third-order valence-corrected chi connectivity index (χ3v) is 3.55. The summed E-state index contributed by atoms with van der Waals surface area (Å²) in [6.45, 7) is 3.17. The number of thiazole rings is 1. The number of aromatic nitrogens is 1. The number of anilines is 1. The van der Waals surface area contributed by atoms with Crippen LogP contribution in [-0.4, -0.2) is 21.8 Å². The molecule has 0 aliphatic rings. The second-order valence-electron chi connectivity index (χ2n) is 3.94. The Hall–Kier alpha value is -2.15. The predicted molar refractivity (Wildman–Crippen MR) is 69.8 cm³/mol. The van der Waals surface area contributed by atoms with E-state index in [0.29, 0.717) is 10.9 Å². The zero-order valence-electron chi connectivity index (χ0n) is 10.3. The van der Waals surface area contributed by atoms with Gasteiger partial charge in [-0.05, 0) is 19.1 Å². The van der Waals surface area contributed by atoms with Gasteiger partial charge in [0.15, 0.2) is 16.6 Å². The van der Waals surface area contributed by atoms with Gasteiger partial charge >= 0.3 is 5.97 Å². The van der Waals surface area contributed by atoms with Crippen molar-refractivity contribution in [3.05, 3.63) is 34.7 Å². The molecule has 2 N–H and O–H groups in total. The van der Waals surface area contributed by atoms with E-state index < -0.39 is 5.97 Å². The van der Waals surface area contributed by atoms with E-state index in [0.717, 1.165) is 11.3 Å². The van der Waals surface area contributed by atoms with Gasteiger partial charge in [0.1, 0.15) is 10.6 Å². The minimum Gasteiger partial charge on any atom is -0.476 e. The van der Waals surface area contributed by atoms with Crippen LogP contribution in [0.1, 0.15) is 45.8 Å². The molecule has 7 heteroatoms. The third kappa shape index (κ3) is 2.82. The summed E-state index contributed by atoms with van der Waals surface area (Å²) < 4.78 is 5.23. The normalized spacial score (nSPS) is 12.1. The number of aromatic carboxylic acids is 1. The summed E-state index contributed by atoms with van der Waals surface area (Å²) in [6.07, 6.45) is 1.55. The van der Waals surface area contributed by atoms with Gasteiger partial charge < -0.3 is 14.8 Å². The Kier molecular flexibility index (Phi) is 3.66. The standard InChI is InChI=1S/C12H12N2O4S/c1-6(8-4-3-5-18-8)13-12-14-9(11(16)17)10(19-12)7(2)15/h3-6H,1-2H3,(H,13,14)(H,16,17). The number of furan rings is 1. The number of nitrogens with zero attached hydrogens (tertiary/aromatic N) is 1. The van der Waals surface area contributed by atoms with Crippen molar-refractivity contribution in [1.82, 2.24) is 4.98 Å². The molecule has 100 valence electrons. The van der Waals surface area contributed by atoms with E-state index in [4.69, 9.17) is 9.52 Å². The summed E-state index contributed by atoms with van der Waals surface area (Å²) in [5.74, 6) is -0.815. The Labute approximate surface area is 113 Å². The van der Waals surface area contributed by atoms with E-state index in [2.05, 4.69) is 10.3 Å². The molecule has 6 nitrogen and oxygen atoms in total. The molecule has 2 rings (SSSR count). The minimum atomic E-state index is -1.21. The zero-order chi connectivity index (χ0) is 14.0. The van der Waals surface area contributed by atoms with Crippen LogP contribution >= 0.6 is 11.3 Å². The summed E-state index contributed by atoms with van der Waals surface area (Å²) in [5, 5.41) is 12.4. The molecule has 0 aliphatic heterocycles. The second-order valence-corrected chi connectivity index (χ2v) is 4.94. The van der Waals surface area contributed by atoms with Crippen molar-refractivity contribution in [1.29, 1.82) is 0 Å². The van der Waals surface area contributed by atoms with Crippen LogP contribution in [0, 0.1) is 0 Å². The molecular weight excluding hydrogens is 268 g/mol. The molecular formula is C12H12N2O4S. The van der Waals surface area contributed by atoms with Gasteiger partial charge in [-0.1, -0.05) is 11.3 Å². The first-order valence-corrected chi connectivity index (χ1v) is 6.35. The molecule has 0 fully saturated rings. The van der Waals surface area contributed by atoms with Crippen LogP contribution in [0.2, 0.25) is 0 Å². The van der Waals surface area contributed by atoms with Crippen LogP contribution in [-0.2, 0) is 0 Å². The highest BCUT2D eigenvalue weighted by Crippen LogP contribution is 2.27. The maximum atomic E-state index is 11.4. The Balaban J connectivity index is 2.24. The van der Waals surface area contributed by atoms with Crippen LogP contribution in [0.4, 0.5) is 5.13 Å². The first kappa shape index (κ1) is 13.3. The van der Waals surface area contributed by atoms with Crippen LogP contribution in [0.3, 0.4) is 0 Å². The molecule has 19 heavy (non-hydrogen) atoms. The minimum absolute atomic E-state index is 0.140. The van der Waals surface area contributed by atoms with Crippen molar-refractivity contribution in [2.45, 2.75) is 19.9 Å². The lowest BCUT2D eigenvalue weighted by Crippen LogP contribution is -2.06. The maximum absolute atomic E-state index is 11.4. The van der Waals surface area contributed by atoms with Crippen LogP contribution in [0.15, 0.2) is 22.8 Å². The Morgan fingerprint density at radius 1 is 1.53 bits per heavy atom. The number of nitrogens with one attached hydrogen (secondary N) is 1. The van der Waals surface area contributed by atoms with E-state index in [-0.39, 0.29) is 22.4 Å². The number of hydrogen-bond donors (Lipinski definition) is 2. The van der Waals surface area contributed by atoms with Gasteiger partial charge in [0.2, 0.25) is 0 Å². The van der Waals surface area contributed by atoms with Crippen LogP contribution < -0.4 is 5.32 Å². The quantitative estimate of drug-likeness (QED) is 0.818. The fourth-order valence-electron chi connectivity index (χ4n) is 1.56. The van der Waals surface area contributed by atoms with Crippen LogP contribution in [0.25, 0.3) is 0 Å². The highest BCUT2D eigenvalue weighted by atomic mass is 32.1. The molecule has 1 atom stereocenters. The lowest BCUT2D eigenvalue weighted by Gasteiger charge is -2.09.